The van der Waals surface area contributed by atoms with Crippen molar-refractivity contribution in [2.75, 3.05) is 0 Å². The molecule has 2 heterocycles. The molecule has 0 aliphatic carbocycles. The smallest absolute Gasteiger partial charge is 0.312 e. The summed E-state index contributed by atoms with van der Waals surface area (Å²) in [5.41, 5.74) is 2.76. The average molecular weight is 333 g/mol. The SMILES string of the molecule is C[n+]1cccc(C(=O)O/N=C(/c2ccccc2)c2cccc[n+]2C)c1. The number of rotatable bonds is 4. The molecule has 0 saturated heterocycles. The highest BCUT2D eigenvalue weighted by atomic mass is 16.7. The van der Waals surface area contributed by atoms with Crippen molar-refractivity contribution in [3.8, 4) is 0 Å². The molecule has 0 N–H and O–H groups in total. The highest BCUT2D eigenvalue weighted by molar-refractivity contribution is 6.10. The summed E-state index contributed by atoms with van der Waals surface area (Å²) in [7, 11) is 3.77. The van der Waals surface area contributed by atoms with Crippen LogP contribution < -0.4 is 9.13 Å². The number of carbonyl (C=O) groups is 1. The lowest BCUT2D eigenvalue weighted by Crippen LogP contribution is -2.36. The van der Waals surface area contributed by atoms with Crippen LogP contribution in [-0.4, -0.2) is 11.7 Å². The molecule has 1 aromatic carbocycles. The summed E-state index contributed by atoms with van der Waals surface area (Å²) in [5.74, 6) is -0.497. The second-order valence-corrected chi connectivity index (χ2v) is 5.64. The van der Waals surface area contributed by atoms with Crippen molar-refractivity contribution in [2.24, 2.45) is 19.3 Å². The van der Waals surface area contributed by atoms with Gasteiger partial charge in [0.15, 0.2) is 24.3 Å². The molecule has 0 unspecified atom stereocenters. The third-order valence-corrected chi connectivity index (χ3v) is 3.74. The van der Waals surface area contributed by atoms with E-state index in [0.717, 1.165) is 11.3 Å². The van der Waals surface area contributed by atoms with E-state index < -0.39 is 5.97 Å². The molecule has 3 rings (SSSR count). The Morgan fingerprint density at radius 1 is 0.880 bits per heavy atom. The summed E-state index contributed by atoms with van der Waals surface area (Å²) in [6.45, 7) is 0. The highest BCUT2D eigenvalue weighted by Gasteiger charge is 2.18. The van der Waals surface area contributed by atoms with Crippen molar-refractivity contribution in [1.29, 1.82) is 0 Å². The van der Waals surface area contributed by atoms with Gasteiger partial charge in [-0.05, 0) is 12.1 Å². The maximum Gasteiger partial charge on any atom is 0.371 e. The van der Waals surface area contributed by atoms with Crippen molar-refractivity contribution in [1.82, 2.24) is 0 Å². The lowest BCUT2D eigenvalue weighted by atomic mass is 10.1. The zero-order valence-electron chi connectivity index (χ0n) is 14.2. The Morgan fingerprint density at radius 3 is 2.32 bits per heavy atom. The topological polar surface area (TPSA) is 46.4 Å². The largest absolute Gasteiger partial charge is 0.371 e. The van der Waals surface area contributed by atoms with Crippen LogP contribution in [0.3, 0.4) is 0 Å². The van der Waals surface area contributed by atoms with Gasteiger partial charge < -0.3 is 4.84 Å². The van der Waals surface area contributed by atoms with Gasteiger partial charge in [0.2, 0.25) is 5.69 Å². The molecule has 5 heteroatoms. The molecule has 25 heavy (non-hydrogen) atoms. The third-order valence-electron chi connectivity index (χ3n) is 3.74. The van der Waals surface area contributed by atoms with Gasteiger partial charge in [-0.1, -0.05) is 35.5 Å². The summed E-state index contributed by atoms with van der Waals surface area (Å²) in [4.78, 5) is 17.5. The number of carbonyl (C=O) groups excluding carboxylic acids is 1. The number of pyridine rings is 2. The van der Waals surface area contributed by atoms with Gasteiger partial charge in [0.05, 0.1) is 0 Å². The van der Waals surface area contributed by atoms with E-state index in [-0.39, 0.29) is 0 Å². The Morgan fingerprint density at radius 2 is 1.60 bits per heavy atom. The van der Waals surface area contributed by atoms with Gasteiger partial charge in [0.25, 0.3) is 0 Å². The molecule has 5 nitrogen and oxygen atoms in total. The molecule has 2 aromatic heterocycles. The normalized spacial score (nSPS) is 11.2. The van der Waals surface area contributed by atoms with E-state index in [2.05, 4.69) is 5.16 Å². The quantitative estimate of drug-likeness (QED) is 0.317. The maximum atomic E-state index is 12.3. The van der Waals surface area contributed by atoms with E-state index in [0.29, 0.717) is 11.3 Å². The van der Waals surface area contributed by atoms with Crippen LogP contribution >= 0.6 is 0 Å². The van der Waals surface area contributed by atoms with Crippen LogP contribution in [0.4, 0.5) is 0 Å². The number of aromatic nitrogens is 2. The summed E-state index contributed by atoms with van der Waals surface area (Å²) in [6.07, 6.45) is 5.47. The van der Waals surface area contributed by atoms with Crippen molar-refractivity contribution in [3.05, 3.63) is 96.1 Å². The fourth-order valence-corrected chi connectivity index (χ4v) is 2.46. The van der Waals surface area contributed by atoms with Crippen LogP contribution in [0.2, 0.25) is 0 Å². The van der Waals surface area contributed by atoms with Gasteiger partial charge in [-0.15, -0.1) is 0 Å². The van der Waals surface area contributed by atoms with Gasteiger partial charge in [0.1, 0.15) is 19.7 Å². The number of hydrogen-bond acceptors (Lipinski definition) is 3. The Balaban J connectivity index is 1.96. The first-order chi connectivity index (χ1) is 12.1. The predicted octanol–water partition coefficient (Wildman–Crippen LogP) is 1.95. The standard InChI is InChI=1S/C20H19N3O2/c1-22-13-8-11-17(15-22)20(24)25-21-19(16-9-4-3-5-10-16)18-12-6-7-14-23(18)2/h3-15H,1-2H3/q+2/b21-19-. The number of nitrogens with zero attached hydrogens (tertiary/aromatic N) is 3. The molecule has 0 radical (unpaired) electrons. The molecular weight excluding hydrogens is 314 g/mol. The van der Waals surface area contributed by atoms with Crippen LogP contribution in [0.15, 0.2) is 84.4 Å². The van der Waals surface area contributed by atoms with Crippen molar-refractivity contribution >= 4 is 11.7 Å². The van der Waals surface area contributed by atoms with Gasteiger partial charge in [-0.3, -0.25) is 0 Å². The van der Waals surface area contributed by atoms with Crippen LogP contribution in [0.5, 0.6) is 0 Å². The van der Waals surface area contributed by atoms with E-state index in [1.165, 1.54) is 0 Å². The molecule has 0 aliphatic heterocycles. The monoisotopic (exact) mass is 333 g/mol. The van der Waals surface area contributed by atoms with E-state index >= 15 is 0 Å². The maximum absolute atomic E-state index is 12.3. The molecule has 0 amide bonds. The van der Waals surface area contributed by atoms with Gasteiger partial charge in [-0.2, -0.15) is 4.57 Å². The van der Waals surface area contributed by atoms with Crippen molar-refractivity contribution in [3.63, 3.8) is 0 Å². The van der Waals surface area contributed by atoms with Crippen molar-refractivity contribution < 1.29 is 18.8 Å². The first-order valence-corrected chi connectivity index (χ1v) is 7.90. The molecular formula is C20H19N3O2+2. The molecule has 124 valence electrons. The van der Waals surface area contributed by atoms with Gasteiger partial charge in [-0.25, -0.2) is 9.36 Å². The first kappa shape index (κ1) is 16.5. The highest BCUT2D eigenvalue weighted by Crippen LogP contribution is 2.09. The minimum Gasteiger partial charge on any atom is -0.312 e. The van der Waals surface area contributed by atoms with Crippen LogP contribution in [0.1, 0.15) is 21.6 Å². The predicted molar refractivity (Wildman–Crippen MR) is 92.7 cm³/mol. The summed E-state index contributed by atoms with van der Waals surface area (Å²) in [6, 6.07) is 18.9. The Labute approximate surface area is 146 Å². The fraction of sp³-hybridized carbons (Fsp3) is 0.100. The zero-order chi connectivity index (χ0) is 17.6. The average Bonchev–Trinajstić information content (AvgIpc) is 2.64. The van der Waals surface area contributed by atoms with E-state index in [1.807, 2.05) is 79.6 Å². The molecule has 0 bridgehead atoms. The summed E-state index contributed by atoms with van der Waals surface area (Å²) >= 11 is 0. The molecule has 0 aliphatic rings. The number of aryl methyl sites for hydroxylation is 2. The number of benzene rings is 1. The lowest BCUT2D eigenvalue weighted by Gasteiger charge is -2.05. The Hall–Kier alpha value is -3.34. The van der Waals surface area contributed by atoms with E-state index in [9.17, 15) is 4.79 Å². The summed E-state index contributed by atoms with van der Waals surface area (Å²) < 4.78 is 3.72. The van der Waals surface area contributed by atoms with E-state index in [1.54, 1.807) is 22.9 Å². The van der Waals surface area contributed by atoms with Crippen LogP contribution in [-0.2, 0) is 18.9 Å². The zero-order valence-corrected chi connectivity index (χ0v) is 14.2. The molecule has 0 spiro atoms. The number of oxime groups is 1. The van der Waals surface area contributed by atoms with Crippen LogP contribution in [0, 0.1) is 0 Å². The Kier molecular flexibility index (Phi) is 4.95. The third kappa shape index (κ3) is 3.95. The minimum atomic E-state index is -0.497. The molecule has 0 fully saturated rings. The lowest BCUT2D eigenvalue weighted by molar-refractivity contribution is -0.672. The molecule has 3 aromatic rings. The minimum absolute atomic E-state index is 0.443. The second kappa shape index (κ2) is 7.49. The van der Waals surface area contributed by atoms with Gasteiger partial charge >= 0.3 is 5.97 Å². The van der Waals surface area contributed by atoms with E-state index in [4.69, 9.17) is 4.84 Å². The van der Waals surface area contributed by atoms with Crippen LogP contribution in [0.25, 0.3) is 0 Å². The summed E-state index contributed by atoms with van der Waals surface area (Å²) in [5, 5.41) is 4.17. The molecule has 0 saturated carbocycles. The Bertz CT molecular complexity index is 921. The number of hydrogen-bond donors (Lipinski definition) is 0. The van der Waals surface area contributed by atoms with Crippen molar-refractivity contribution in [2.45, 2.75) is 0 Å². The fourth-order valence-electron chi connectivity index (χ4n) is 2.46. The second-order valence-electron chi connectivity index (χ2n) is 5.64. The van der Waals surface area contributed by atoms with Gasteiger partial charge in [0, 0.05) is 23.8 Å². The molecule has 0 atom stereocenters. The first-order valence-electron chi connectivity index (χ1n) is 7.90.